The SMILES string of the molecule is CC1(NCC(=O)N2CC(F)CC2C#N)CC2CC3(CCO3)CC2C1. The standard InChI is InChI=1S/C18H26FN3O2/c1-17(5-12-7-18(2-3-24-18)8-13(12)6-17)21-10-16(23)22-11-14(19)4-15(22)9-20/h12-15,21H,2-8,10-11H2,1H3. The van der Waals surface area contributed by atoms with Gasteiger partial charge in [-0.2, -0.15) is 5.26 Å². The Labute approximate surface area is 142 Å². The summed E-state index contributed by atoms with van der Waals surface area (Å²) in [6.45, 7) is 3.36. The van der Waals surface area contributed by atoms with Crippen LogP contribution in [0, 0.1) is 23.2 Å². The summed E-state index contributed by atoms with van der Waals surface area (Å²) in [7, 11) is 0. The summed E-state index contributed by atoms with van der Waals surface area (Å²) in [5, 5.41) is 12.5. The van der Waals surface area contributed by atoms with Crippen LogP contribution in [0.1, 0.15) is 45.4 Å². The molecule has 0 aromatic heterocycles. The van der Waals surface area contributed by atoms with Crippen molar-refractivity contribution in [3.05, 3.63) is 0 Å². The maximum atomic E-state index is 13.5. The van der Waals surface area contributed by atoms with E-state index in [0.717, 1.165) is 32.3 Å². The summed E-state index contributed by atoms with van der Waals surface area (Å²) in [5.74, 6) is 1.22. The number of nitrogens with one attached hydrogen (secondary N) is 1. The molecule has 132 valence electrons. The average molecular weight is 335 g/mol. The van der Waals surface area contributed by atoms with Crippen molar-refractivity contribution in [2.24, 2.45) is 11.8 Å². The van der Waals surface area contributed by atoms with Crippen LogP contribution in [0.15, 0.2) is 0 Å². The van der Waals surface area contributed by atoms with Gasteiger partial charge >= 0.3 is 0 Å². The van der Waals surface area contributed by atoms with Crippen molar-refractivity contribution in [1.82, 2.24) is 10.2 Å². The Morgan fingerprint density at radius 3 is 2.58 bits per heavy atom. The highest BCUT2D eigenvalue weighted by Gasteiger charge is 2.55. The van der Waals surface area contributed by atoms with Crippen LogP contribution in [-0.2, 0) is 9.53 Å². The largest absolute Gasteiger partial charge is 0.375 e. The fraction of sp³-hybridized carbons (Fsp3) is 0.889. The summed E-state index contributed by atoms with van der Waals surface area (Å²) in [4.78, 5) is 13.8. The first kappa shape index (κ1) is 16.3. The number of carbonyl (C=O) groups is 1. The van der Waals surface area contributed by atoms with Crippen LogP contribution in [-0.4, -0.2) is 53.9 Å². The molecule has 4 atom stereocenters. The van der Waals surface area contributed by atoms with Crippen LogP contribution >= 0.6 is 0 Å². The van der Waals surface area contributed by atoms with E-state index in [4.69, 9.17) is 10.00 Å². The zero-order chi connectivity index (χ0) is 16.9. The smallest absolute Gasteiger partial charge is 0.237 e. The Morgan fingerprint density at radius 2 is 2.04 bits per heavy atom. The summed E-state index contributed by atoms with van der Waals surface area (Å²) >= 11 is 0. The predicted molar refractivity (Wildman–Crippen MR) is 85.8 cm³/mol. The Morgan fingerprint density at radius 1 is 1.38 bits per heavy atom. The molecular weight excluding hydrogens is 309 g/mol. The van der Waals surface area contributed by atoms with Crippen molar-refractivity contribution in [3.8, 4) is 6.07 Å². The second-order valence-corrected chi connectivity index (χ2v) is 8.56. The number of alkyl halides is 1. The molecule has 2 heterocycles. The molecule has 2 saturated carbocycles. The second kappa shape index (κ2) is 5.67. The van der Waals surface area contributed by atoms with Crippen molar-refractivity contribution < 1.29 is 13.9 Å². The third-order valence-electron chi connectivity index (χ3n) is 6.71. The topological polar surface area (TPSA) is 65.4 Å². The Kier molecular flexibility index (Phi) is 3.85. The second-order valence-electron chi connectivity index (χ2n) is 8.56. The van der Waals surface area contributed by atoms with E-state index in [1.165, 1.54) is 11.3 Å². The van der Waals surface area contributed by atoms with Gasteiger partial charge in [-0.3, -0.25) is 4.79 Å². The van der Waals surface area contributed by atoms with Gasteiger partial charge in [0.15, 0.2) is 0 Å². The first-order valence-corrected chi connectivity index (χ1v) is 9.14. The number of nitriles is 1. The van der Waals surface area contributed by atoms with Crippen molar-refractivity contribution in [1.29, 1.82) is 5.26 Å². The number of likely N-dealkylation sites (tertiary alicyclic amines) is 1. The van der Waals surface area contributed by atoms with Gasteiger partial charge in [-0.15, -0.1) is 0 Å². The highest BCUT2D eigenvalue weighted by Crippen LogP contribution is 2.56. The molecule has 4 aliphatic rings. The summed E-state index contributed by atoms with van der Waals surface area (Å²) in [6.07, 6.45) is 4.75. The highest BCUT2D eigenvalue weighted by molar-refractivity contribution is 5.79. The van der Waals surface area contributed by atoms with Crippen molar-refractivity contribution in [2.45, 2.75) is 68.8 Å². The fourth-order valence-corrected chi connectivity index (χ4v) is 5.52. The lowest BCUT2D eigenvalue weighted by Gasteiger charge is -2.40. The lowest BCUT2D eigenvalue weighted by atomic mass is 9.86. The quantitative estimate of drug-likeness (QED) is 0.854. The van der Waals surface area contributed by atoms with Crippen molar-refractivity contribution >= 4 is 5.91 Å². The van der Waals surface area contributed by atoms with Crippen LogP contribution < -0.4 is 5.32 Å². The normalized spacial score (nSPS) is 46.8. The number of amides is 1. The van der Waals surface area contributed by atoms with E-state index < -0.39 is 12.2 Å². The van der Waals surface area contributed by atoms with Crippen LogP contribution in [0.5, 0.6) is 0 Å². The molecule has 4 rings (SSSR count). The Balaban J connectivity index is 1.30. The van der Waals surface area contributed by atoms with E-state index in [2.05, 4.69) is 12.2 Å². The minimum atomic E-state index is -1.07. The molecule has 4 unspecified atom stereocenters. The zero-order valence-electron chi connectivity index (χ0n) is 14.3. The van der Waals surface area contributed by atoms with Crippen molar-refractivity contribution in [2.75, 3.05) is 19.7 Å². The lowest BCUT2D eigenvalue weighted by Crippen LogP contribution is -2.49. The minimum Gasteiger partial charge on any atom is -0.375 e. The number of hydrogen-bond donors (Lipinski definition) is 1. The van der Waals surface area contributed by atoms with Gasteiger partial charge in [0.1, 0.15) is 12.2 Å². The van der Waals surface area contributed by atoms with Crippen LogP contribution in [0.25, 0.3) is 0 Å². The number of ether oxygens (including phenoxy) is 1. The highest BCUT2D eigenvalue weighted by atomic mass is 19.1. The monoisotopic (exact) mass is 335 g/mol. The molecule has 1 amide bonds. The zero-order valence-corrected chi connectivity index (χ0v) is 14.3. The molecule has 1 spiro atoms. The van der Waals surface area contributed by atoms with Crippen LogP contribution in [0.4, 0.5) is 4.39 Å². The van der Waals surface area contributed by atoms with E-state index in [9.17, 15) is 9.18 Å². The van der Waals surface area contributed by atoms with Gasteiger partial charge in [0, 0.05) is 12.0 Å². The number of halogens is 1. The molecule has 6 heteroatoms. The third kappa shape index (κ3) is 2.72. The molecular formula is C18H26FN3O2. The van der Waals surface area contributed by atoms with Crippen LogP contribution in [0.2, 0.25) is 0 Å². The molecule has 5 nitrogen and oxygen atoms in total. The molecule has 0 bridgehead atoms. The maximum absolute atomic E-state index is 13.5. The van der Waals surface area contributed by atoms with Crippen molar-refractivity contribution in [3.63, 3.8) is 0 Å². The Bertz CT molecular complexity index is 555. The summed E-state index contributed by atoms with van der Waals surface area (Å²) < 4.78 is 19.3. The van der Waals surface area contributed by atoms with Gasteiger partial charge in [0.25, 0.3) is 0 Å². The molecule has 0 aromatic carbocycles. The molecule has 4 fully saturated rings. The average Bonchev–Trinajstić information content (AvgIpc) is 3.13. The van der Waals surface area contributed by atoms with Crippen LogP contribution in [0.3, 0.4) is 0 Å². The molecule has 24 heavy (non-hydrogen) atoms. The van der Waals surface area contributed by atoms with Gasteiger partial charge in [-0.25, -0.2) is 4.39 Å². The van der Waals surface area contributed by atoms with E-state index in [1.807, 2.05) is 6.07 Å². The van der Waals surface area contributed by atoms with E-state index in [0.29, 0.717) is 11.8 Å². The number of carbonyl (C=O) groups excluding carboxylic acids is 1. The van der Waals surface area contributed by atoms with Gasteiger partial charge in [-0.05, 0) is 50.9 Å². The Hall–Kier alpha value is -1.19. The summed E-state index contributed by atoms with van der Waals surface area (Å²) in [5.41, 5.74) is 0.144. The van der Waals surface area contributed by atoms with E-state index in [1.54, 1.807) is 0 Å². The first-order chi connectivity index (χ1) is 11.4. The first-order valence-electron chi connectivity index (χ1n) is 9.14. The molecule has 2 saturated heterocycles. The summed E-state index contributed by atoms with van der Waals surface area (Å²) in [6, 6.07) is 1.43. The van der Waals surface area contributed by atoms with E-state index >= 15 is 0 Å². The number of hydrogen-bond acceptors (Lipinski definition) is 4. The maximum Gasteiger partial charge on any atom is 0.237 e. The third-order valence-corrected chi connectivity index (χ3v) is 6.71. The van der Waals surface area contributed by atoms with E-state index in [-0.39, 0.29) is 36.6 Å². The molecule has 1 N–H and O–H groups in total. The van der Waals surface area contributed by atoms with Gasteiger partial charge in [-0.1, -0.05) is 0 Å². The molecule has 0 radical (unpaired) electrons. The minimum absolute atomic E-state index is 0.0344. The fourth-order valence-electron chi connectivity index (χ4n) is 5.52. The molecule has 2 aliphatic heterocycles. The van der Waals surface area contributed by atoms with Gasteiger partial charge in [0.2, 0.25) is 5.91 Å². The number of nitrogens with zero attached hydrogens (tertiary/aromatic N) is 2. The molecule has 0 aromatic rings. The number of fused-ring (bicyclic) bond motifs is 1. The predicted octanol–water partition coefficient (Wildman–Crippen LogP) is 1.78. The number of rotatable bonds is 3. The molecule has 2 aliphatic carbocycles. The van der Waals surface area contributed by atoms with Gasteiger partial charge < -0.3 is 15.0 Å². The van der Waals surface area contributed by atoms with Gasteiger partial charge in [0.05, 0.1) is 31.4 Å². The lowest BCUT2D eigenvalue weighted by molar-refractivity contribution is -0.146.